The van der Waals surface area contributed by atoms with E-state index in [2.05, 4.69) is 4.72 Å². The van der Waals surface area contributed by atoms with E-state index in [-0.39, 0.29) is 36.0 Å². The Hall–Kier alpha value is -3.15. The SMILES string of the molecule is COC(=O)C1=C(C(=O)OC)N(c2ccc(S(=O)(=O)NCc3ccco3)cc2)COC1. The summed E-state index contributed by atoms with van der Waals surface area (Å²) in [5.41, 5.74) is 0.413. The summed E-state index contributed by atoms with van der Waals surface area (Å²) in [4.78, 5) is 25.8. The third-order valence-electron chi connectivity index (χ3n) is 4.31. The quantitative estimate of drug-likeness (QED) is 0.637. The van der Waals surface area contributed by atoms with Crippen LogP contribution in [0.1, 0.15) is 5.76 Å². The van der Waals surface area contributed by atoms with Gasteiger partial charge in [0.2, 0.25) is 10.0 Å². The number of furan rings is 1. The van der Waals surface area contributed by atoms with Crippen molar-refractivity contribution in [2.45, 2.75) is 11.4 Å². The number of rotatable bonds is 7. The van der Waals surface area contributed by atoms with Gasteiger partial charge in [-0.2, -0.15) is 0 Å². The number of sulfonamides is 1. The van der Waals surface area contributed by atoms with Crippen molar-refractivity contribution in [3.8, 4) is 0 Å². The Morgan fingerprint density at radius 3 is 2.40 bits per heavy atom. The van der Waals surface area contributed by atoms with Gasteiger partial charge in [-0.1, -0.05) is 0 Å². The van der Waals surface area contributed by atoms with Crippen molar-refractivity contribution < 1.29 is 36.6 Å². The van der Waals surface area contributed by atoms with Crippen molar-refractivity contribution in [3.05, 3.63) is 59.7 Å². The van der Waals surface area contributed by atoms with Gasteiger partial charge in [0.05, 0.1) is 44.1 Å². The summed E-state index contributed by atoms with van der Waals surface area (Å²) in [6.45, 7) is -0.140. The molecule has 1 aromatic carbocycles. The molecule has 0 spiro atoms. The highest BCUT2D eigenvalue weighted by Crippen LogP contribution is 2.27. The minimum atomic E-state index is -3.78. The highest BCUT2D eigenvalue weighted by atomic mass is 32.2. The number of carbonyl (C=O) groups excluding carboxylic acids is 2. The summed E-state index contributed by atoms with van der Waals surface area (Å²) < 4.78 is 47.4. The van der Waals surface area contributed by atoms with Crippen LogP contribution < -0.4 is 9.62 Å². The standard InChI is InChI=1S/C19H20N2O8S/c1-26-18(22)16-11-28-12-21(17(16)19(23)27-2)13-5-7-15(8-6-13)30(24,25)20-10-14-4-3-9-29-14/h3-9,20H,10-12H2,1-2H3. The molecule has 1 aliphatic heterocycles. The van der Waals surface area contributed by atoms with E-state index >= 15 is 0 Å². The molecule has 3 rings (SSSR count). The Morgan fingerprint density at radius 2 is 1.80 bits per heavy atom. The van der Waals surface area contributed by atoms with E-state index in [0.29, 0.717) is 11.4 Å². The maximum Gasteiger partial charge on any atom is 0.355 e. The Bertz CT molecular complexity index is 1040. The second-order valence-corrected chi connectivity index (χ2v) is 7.88. The first-order valence-corrected chi connectivity index (χ1v) is 10.2. The summed E-state index contributed by atoms with van der Waals surface area (Å²) >= 11 is 0. The lowest BCUT2D eigenvalue weighted by Gasteiger charge is -2.31. The van der Waals surface area contributed by atoms with Gasteiger partial charge in [0, 0.05) is 5.69 Å². The van der Waals surface area contributed by atoms with Crippen LogP contribution in [0.25, 0.3) is 0 Å². The van der Waals surface area contributed by atoms with Crippen molar-refractivity contribution in [3.63, 3.8) is 0 Å². The number of benzene rings is 1. The van der Waals surface area contributed by atoms with Gasteiger partial charge in [-0.15, -0.1) is 0 Å². The van der Waals surface area contributed by atoms with Gasteiger partial charge in [-0.05, 0) is 36.4 Å². The number of anilines is 1. The van der Waals surface area contributed by atoms with E-state index in [9.17, 15) is 18.0 Å². The van der Waals surface area contributed by atoms with Crippen molar-refractivity contribution >= 4 is 27.6 Å². The average molecular weight is 436 g/mol. The zero-order valence-electron chi connectivity index (χ0n) is 16.3. The summed E-state index contributed by atoms with van der Waals surface area (Å²) in [5, 5.41) is 0. The molecule has 1 aliphatic rings. The predicted octanol–water partition coefficient (Wildman–Crippen LogP) is 1.15. The fraction of sp³-hybridized carbons (Fsp3) is 0.263. The van der Waals surface area contributed by atoms with Crippen LogP contribution in [-0.2, 0) is 40.4 Å². The summed E-state index contributed by atoms with van der Waals surface area (Å²) in [6.07, 6.45) is 1.45. The molecule has 0 atom stereocenters. The largest absolute Gasteiger partial charge is 0.468 e. The molecule has 0 saturated carbocycles. The van der Waals surface area contributed by atoms with Crippen LogP contribution in [0.4, 0.5) is 5.69 Å². The maximum absolute atomic E-state index is 12.5. The molecule has 160 valence electrons. The third-order valence-corrected chi connectivity index (χ3v) is 5.73. The molecule has 0 bridgehead atoms. The lowest BCUT2D eigenvalue weighted by molar-refractivity contribution is -0.140. The van der Waals surface area contributed by atoms with Gasteiger partial charge >= 0.3 is 11.9 Å². The van der Waals surface area contributed by atoms with Crippen molar-refractivity contribution in [1.82, 2.24) is 4.72 Å². The second kappa shape index (κ2) is 9.11. The highest BCUT2D eigenvalue weighted by molar-refractivity contribution is 7.89. The molecule has 0 aliphatic carbocycles. The molecule has 2 aromatic rings. The minimum absolute atomic E-state index is 0.00686. The molecule has 0 saturated heterocycles. The Balaban J connectivity index is 1.87. The second-order valence-electron chi connectivity index (χ2n) is 6.11. The first-order chi connectivity index (χ1) is 14.4. The maximum atomic E-state index is 12.5. The molecule has 30 heavy (non-hydrogen) atoms. The number of methoxy groups -OCH3 is 2. The number of hydrogen-bond donors (Lipinski definition) is 1. The normalized spacial score (nSPS) is 14.5. The van der Waals surface area contributed by atoms with Crippen LogP contribution in [-0.4, -0.2) is 47.9 Å². The minimum Gasteiger partial charge on any atom is -0.468 e. The third kappa shape index (κ3) is 4.53. The topological polar surface area (TPSA) is 124 Å². The number of carbonyl (C=O) groups is 2. The summed E-state index contributed by atoms with van der Waals surface area (Å²) in [7, 11) is -1.40. The van der Waals surface area contributed by atoms with Gasteiger partial charge in [-0.25, -0.2) is 22.7 Å². The first kappa shape index (κ1) is 21.6. The first-order valence-electron chi connectivity index (χ1n) is 8.74. The van der Waals surface area contributed by atoms with Crippen LogP contribution in [0, 0.1) is 0 Å². The molecule has 2 heterocycles. The van der Waals surface area contributed by atoms with E-state index in [0.717, 1.165) is 0 Å². The van der Waals surface area contributed by atoms with Crippen LogP contribution in [0.15, 0.2) is 63.2 Å². The van der Waals surface area contributed by atoms with Crippen LogP contribution in [0.2, 0.25) is 0 Å². The van der Waals surface area contributed by atoms with Gasteiger partial charge < -0.3 is 23.5 Å². The molecule has 0 radical (unpaired) electrons. The van der Waals surface area contributed by atoms with E-state index in [1.165, 1.54) is 49.6 Å². The molecule has 0 amide bonds. The number of esters is 2. The molecular weight excluding hydrogens is 416 g/mol. The zero-order valence-corrected chi connectivity index (χ0v) is 17.1. The molecule has 0 fully saturated rings. The zero-order chi connectivity index (χ0) is 21.7. The Labute approximate surface area is 173 Å². The fourth-order valence-electron chi connectivity index (χ4n) is 2.82. The predicted molar refractivity (Wildman–Crippen MR) is 104 cm³/mol. The highest BCUT2D eigenvalue weighted by Gasteiger charge is 2.32. The lowest BCUT2D eigenvalue weighted by atomic mass is 10.1. The van der Waals surface area contributed by atoms with Gasteiger partial charge in [0.15, 0.2) is 0 Å². The fourth-order valence-corrected chi connectivity index (χ4v) is 3.81. The van der Waals surface area contributed by atoms with Gasteiger partial charge in [0.25, 0.3) is 0 Å². The summed E-state index contributed by atoms with van der Waals surface area (Å²) in [6, 6.07) is 9.06. The molecule has 1 aromatic heterocycles. The number of nitrogens with one attached hydrogen (secondary N) is 1. The monoisotopic (exact) mass is 436 g/mol. The van der Waals surface area contributed by atoms with E-state index in [1.54, 1.807) is 12.1 Å². The smallest absolute Gasteiger partial charge is 0.355 e. The van der Waals surface area contributed by atoms with Crippen molar-refractivity contribution in [2.24, 2.45) is 0 Å². The van der Waals surface area contributed by atoms with E-state index in [1.807, 2.05) is 0 Å². The Kier molecular flexibility index (Phi) is 6.55. The number of nitrogens with zero attached hydrogens (tertiary/aromatic N) is 1. The lowest BCUT2D eigenvalue weighted by Crippen LogP contribution is -2.38. The van der Waals surface area contributed by atoms with Crippen LogP contribution >= 0.6 is 0 Å². The average Bonchev–Trinajstić information content (AvgIpc) is 3.30. The molecule has 10 nitrogen and oxygen atoms in total. The van der Waals surface area contributed by atoms with Crippen molar-refractivity contribution in [1.29, 1.82) is 0 Å². The molecule has 11 heteroatoms. The van der Waals surface area contributed by atoms with Gasteiger partial charge in [-0.3, -0.25) is 0 Å². The molecule has 0 unspecified atom stereocenters. The molecular formula is C19H20N2O8S. The number of ether oxygens (including phenoxy) is 3. The van der Waals surface area contributed by atoms with E-state index < -0.39 is 22.0 Å². The van der Waals surface area contributed by atoms with Gasteiger partial charge in [0.1, 0.15) is 18.2 Å². The number of hydrogen-bond acceptors (Lipinski definition) is 9. The van der Waals surface area contributed by atoms with E-state index in [4.69, 9.17) is 18.6 Å². The summed E-state index contributed by atoms with van der Waals surface area (Å²) in [5.74, 6) is -0.985. The Morgan fingerprint density at radius 1 is 1.10 bits per heavy atom. The van der Waals surface area contributed by atoms with Crippen LogP contribution in [0.3, 0.4) is 0 Å². The van der Waals surface area contributed by atoms with Crippen LogP contribution in [0.5, 0.6) is 0 Å². The molecule has 1 N–H and O–H groups in total. The van der Waals surface area contributed by atoms with Crippen molar-refractivity contribution in [2.75, 3.05) is 32.5 Å².